The molecule has 0 aromatic heterocycles. The molecule has 3 fully saturated rings. The number of anilines is 1. The third-order valence-electron chi connectivity index (χ3n) is 6.43. The second kappa shape index (κ2) is 6.14. The first kappa shape index (κ1) is 14.4. The third-order valence-corrected chi connectivity index (χ3v) is 6.43. The summed E-state index contributed by atoms with van der Waals surface area (Å²) in [5, 5.41) is 0. The van der Waals surface area contributed by atoms with Crippen LogP contribution in [-0.4, -0.2) is 19.2 Å². The maximum absolute atomic E-state index is 5.35. The van der Waals surface area contributed by atoms with Gasteiger partial charge in [-0.25, -0.2) is 0 Å². The van der Waals surface area contributed by atoms with E-state index in [9.17, 15) is 0 Å². The number of fused-ring (bicyclic) bond motifs is 2. The first-order valence-corrected chi connectivity index (χ1v) is 9.29. The molecule has 3 aliphatic rings. The van der Waals surface area contributed by atoms with Gasteiger partial charge in [0.25, 0.3) is 0 Å². The van der Waals surface area contributed by atoms with E-state index in [2.05, 4.69) is 29.2 Å². The Morgan fingerprint density at radius 1 is 0.818 bits per heavy atom. The number of methoxy groups -OCH3 is 1. The molecule has 0 radical (unpaired) electrons. The highest BCUT2D eigenvalue weighted by Crippen LogP contribution is 2.47. The molecule has 2 saturated carbocycles. The molecular formula is C20H29NO. The van der Waals surface area contributed by atoms with Crippen molar-refractivity contribution in [3.8, 4) is 5.75 Å². The fourth-order valence-corrected chi connectivity index (χ4v) is 5.43. The number of hydrogen-bond acceptors (Lipinski definition) is 2. The number of benzene rings is 1. The van der Waals surface area contributed by atoms with Crippen molar-refractivity contribution in [3.63, 3.8) is 0 Å². The Balaban J connectivity index is 1.67. The Labute approximate surface area is 134 Å². The summed E-state index contributed by atoms with van der Waals surface area (Å²) in [5.74, 6) is 2.85. The fourth-order valence-electron chi connectivity index (χ4n) is 5.43. The van der Waals surface area contributed by atoms with Crippen LogP contribution >= 0.6 is 0 Å². The SMILES string of the molecule is COc1ccc(N2C3CCCCC3CC3CCCCC32)cc1. The van der Waals surface area contributed by atoms with Gasteiger partial charge in [0.2, 0.25) is 0 Å². The lowest BCUT2D eigenvalue weighted by atomic mass is 9.68. The Kier molecular flexibility index (Phi) is 4.02. The number of nitrogens with zero attached hydrogens (tertiary/aromatic N) is 1. The van der Waals surface area contributed by atoms with Crippen molar-refractivity contribution in [2.45, 2.75) is 69.9 Å². The maximum Gasteiger partial charge on any atom is 0.119 e. The Bertz CT molecular complexity index is 475. The van der Waals surface area contributed by atoms with Crippen LogP contribution in [0.5, 0.6) is 5.75 Å². The lowest BCUT2D eigenvalue weighted by Crippen LogP contribution is -2.57. The molecule has 1 aliphatic heterocycles. The smallest absolute Gasteiger partial charge is 0.119 e. The van der Waals surface area contributed by atoms with Crippen LogP contribution in [0, 0.1) is 11.8 Å². The van der Waals surface area contributed by atoms with E-state index >= 15 is 0 Å². The Hall–Kier alpha value is -1.18. The van der Waals surface area contributed by atoms with Gasteiger partial charge in [0, 0.05) is 17.8 Å². The standard InChI is InChI=1S/C20H29NO/c1-22-18-12-10-17(11-13-18)21-19-8-4-2-6-15(19)14-16-7-3-5-9-20(16)21/h10-13,15-16,19-20H,2-9,14H2,1H3. The highest BCUT2D eigenvalue weighted by molar-refractivity contribution is 5.52. The summed E-state index contributed by atoms with van der Waals surface area (Å²) in [5.41, 5.74) is 1.44. The maximum atomic E-state index is 5.35. The van der Waals surface area contributed by atoms with Crippen LogP contribution in [0.25, 0.3) is 0 Å². The van der Waals surface area contributed by atoms with Crippen LogP contribution in [0.2, 0.25) is 0 Å². The summed E-state index contributed by atoms with van der Waals surface area (Å²) in [6.45, 7) is 0. The van der Waals surface area contributed by atoms with Crippen molar-refractivity contribution in [2.75, 3.05) is 12.0 Å². The van der Waals surface area contributed by atoms with Crippen molar-refractivity contribution in [1.82, 2.24) is 0 Å². The zero-order chi connectivity index (χ0) is 14.9. The van der Waals surface area contributed by atoms with E-state index in [4.69, 9.17) is 4.74 Å². The lowest BCUT2D eigenvalue weighted by molar-refractivity contribution is 0.129. The molecule has 4 atom stereocenters. The Morgan fingerprint density at radius 2 is 1.36 bits per heavy atom. The summed E-state index contributed by atoms with van der Waals surface area (Å²) in [4.78, 5) is 2.84. The van der Waals surface area contributed by atoms with Crippen LogP contribution in [0.4, 0.5) is 5.69 Å². The molecule has 4 rings (SSSR count). The van der Waals surface area contributed by atoms with Gasteiger partial charge in [-0.05, 0) is 68.2 Å². The van der Waals surface area contributed by atoms with E-state index in [1.807, 2.05) is 0 Å². The summed E-state index contributed by atoms with van der Waals surface area (Å²) in [6.07, 6.45) is 13.0. The molecular weight excluding hydrogens is 270 g/mol. The van der Waals surface area contributed by atoms with E-state index < -0.39 is 0 Å². The van der Waals surface area contributed by atoms with Gasteiger partial charge >= 0.3 is 0 Å². The number of hydrogen-bond donors (Lipinski definition) is 0. The summed E-state index contributed by atoms with van der Waals surface area (Å²) < 4.78 is 5.35. The van der Waals surface area contributed by atoms with Crippen LogP contribution < -0.4 is 9.64 Å². The molecule has 1 aromatic carbocycles. The van der Waals surface area contributed by atoms with Gasteiger partial charge < -0.3 is 9.64 Å². The summed E-state index contributed by atoms with van der Waals surface area (Å²) in [6, 6.07) is 10.4. The number of rotatable bonds is 2. The Morgan fingerprint density at radius 3 is 1.91 bits per heavy atom. The van der Waals surface area contributed by atoms with Gasteiger partial charge in [0.05, 0.1) is 7.11 Å². The first-order valence-electron chi connectivity index (χ1n) is 9.29. The van der Waals surface area contributed by atoms with E-state index in [1.165, 1.54) is 63.5 Å². The molecule has 1 aromatic rings. The molecule has 2 aliphatic carbocycles. The van der Waals surface area contributed by atoms with Crippen LogP contribution in [-0.2, 0) is 0 Å². The zero-order valence-corrected chi connectivity index (χ0v) is 13.8. The first-order chi connectivity index (χ1) is 10.9. The van der Waals surface area contributed by atoms with Crippen molar-refractivity contribution in [3.05, 3.63) is 24.3 Å². The van der Waals surface area contributed by atoms with Crippen molar-refractivity contribution >= 4 is 5.69 Å². The summed E-state index contributed by atoms with van der Waals surface area (Å²) in [7, 11) is 1.75. The monoisotopic (exact) mass is 299 g/mol. The van der Waals surface area contributed by atoms with Gasteiger partial charge in [-0.3, -0.25) is 0 Å². The molecule has 22 heavy (non-hydrogen) atoms. The quantitative estimate of drug-likeness (QED) is 0.760. The van der Waals surface area contributed by atoms with Crippen LogP contribution in [0.1, 0.15) is 57.8 Å². The molecule has 4 unspecified atom stereocenters. The van der Waals surface area contributed by atoms with E-state index in [0.29, 0.717) is 0 Å². The third kappa shape index (κ3) is 2.51. The molecule has 0 amide bonds. The van der Waals surface area contributed by atoms with Gasteiger partial charge in [0.1, 0.15) is 5.75 Å². The van der Waals surface area contributed by atoms with E-state index in [-0.39, 0.29) is 0 Å². The zero-order valence-electron chi connectivity index (χ0n) is 13.8. The van der Waals surface area contributed by atoms with Gasteiger partial charge in [-0.15, -0.1) is 0 Å². The van der Waals surface area contributed by atoms with Crippen LogP contribution in [0.15, 0.2) is 24.3 Å². The molecule has 1 heterocycles. The van der Waals surface area contributed by atoms with Crippen molar-refractivity contribution in [1.29, 1.82) is 0 Å². The molecule has 0 bridgehead atoms. The summed E-state index contributed by atoms with van der Waals surface area (Å²) >= 11 is 0. The molecule has 2 heteroatoms. The topological polar surface area (TPSA) is 12.5 Å². The lowest BCUT2D eigenvalue weighted by Gasteiger charge is -2.55. The minimum atomic E-state index is 0.793. The highest BCUT2D eigenvalue weighted by atomic mass is 16.5. The van der Waals surface area contributed by atoms with E-state index in [1.54, 1.807) is 7.11 Å². The average Bonchev–Trinajstić information content (AvgIpc) is 2.60. The minimum absolute atomic E-state index is 0.793. The van der Waals surface area contributed by atoms with Gasteiger partial charge in [0.15, 0.2) is 0 Å². The number of ether oxygens (including phenoxy) is 1. The predicted octanol–water partition coefficient (Wildman–Crippen LogP) is 5.02. The molecule has 120 valence electrons. The molecule has 1 saturated heterocycles. The second-order valence-corrected chi connectivity index (χ2v) is 7.56. The average molecular weight is 299 g/mol. The van der Waals surface area contributed by atoms with Crippen molar-refractivity contribution in [2.24, 2.45) is 11.8 Å². The van der Waals surface area contributed by atoms with Gasteiger partial charge in [-0.2, -0.15) is 0 Å². The number of piperidine rings is 1. The molecule has 2 nitrogen and oxygen atoms in total. The molecule has 0 spiro atoms. The second-order valence-electron chi connectivity index (χ2n) is 7.56. The van der Waals surface area contributed by atoms with Gasteiger partial charge in [-0.1, -0.05) is 25.7 Å². The highest BCUT2D eigenvalue weighted by Gasteiger charge is 2.44. The van der Waals surface area contributed by atoms with Crippen LogP contribution in [0.3, 0.4) is 0 Å². The molecule has 0 N–H and O–H groups in total. The van der Waals surface area contributed by atoms with E-state index in [0.717, 1.165) is 29.7 Å². The normalized spacial score (nSPS) is 34.7. The minimum Gasteiger partial charge on any atom is -0.497 e. The predicted molar refractivity (Wildman–Crippen MR) is 91.6 cm³/mol. The fraction of sp³-hybridized carbons (Fsp3) is 0.700. The van der Waals surface area contributed by atoms with Crippen molar-refractivity contribution < 1.29 is 4.74 Å². The largest absolute Gasteiger partial charge is 0.497 e.